The number of hydrogen-bond donors (Lipinski definition) is 2. The van der Waals surface area contributed by atoms with Crippen LogP contribution in [-0.4, -0.2) is 27.1 Å². The third-order valence-corrected chi connectivity index (χ3v) is 3.50. The van der Waals surface area contributed by atoms with Crippen LogP contribution in [-0.2, 0) is 10.0 Å². The molecule has 0 aliphatic rings. The summed E-state index contributed by atoms with van der Waals surface area (Å²) in [5.41, 5.74) is 0.669. The molecule has 1 amide bonds. The minimum atomic E-state index is -3.39. The van der Waals surface area contributed by atoms with Crippen molar-refractivity contribution >= 4 is 33.2 Å². The molecule has 7 heteroatoms. The molecule has 0 saturated carbocycles. The lowest BCUT2D eigenvalue weighted by molar-refractivity contribution is 0.0953. The maximum atomic E-state index is 11.8. The average Bonchev–Trinajstić information content (AvgIpc) is 2.35. The van der Waals surface area contributed by atoms with Crippen LogP contribution in [0.1, 0.15) is 36.5 Å². The minimum Gasteiger partial charge on any atom is -0.352 e. The van der Waals surface area contributed by atoms with Gasteiger partial charge in [0, 0.05) is 12.1 Å². The zero-order chi connectivity index (χ0) is 15.2. The summed E-state index contributed by atoms with van der Waals surface area (Å²) in [5, 5.41) is 2.98. The van der Waals surface area contributed by atoms with Crippen LogP contribution in [0, 0.1) is 0 Å². The van der Waals surface area contributed by atoms with Crippen LogP contribution >= 0.6 is 11.6 Å². The molecule has 0 spiro atoms. The monoisotopic (exact) mass is 318 g/mol. The SMILES string of the molecule is CCCCCNC(=O)c1ccc(NS(C)(=O)=O)c(Cl)c1. The van der Waals surface area contributed by atoms with Crippen molar-refractivity contribution in [3.63, 3.8) is 0 Å². The van der Waals surface area contributed by atoms with Gasteiger partial charge in [0.25, 0.3) is 5.91 Å². The van der Waals surface area contributed by atoms with Gasteiger partial charge in [0.15, 0.2) is 0 Å². The third kappa shape index (κ3) is 5.79. The fourth-order valence-corrected chi connectivity index (χ4v) is 2.48. The molecule has 0 unspecified atom stereocenters. The van der Waals surface area contributed by atoms with Gasteiger partial charge in [-0.3, -0.25) is 9.52 Å². The molecule has 0 radical (unpaired) electrons. The molecular weight excluding hydrogens is 300 g/mol. The zero-order valence-electron chi connectivity index (χ0n) is 11.6. The lowest BCUT2D eigenvalue weighted by Gasteiger charge is -2.09. The Bertz CT molecular complexity index is 573. The Kier molecular flexibility index (Phi) is 6.29. The van der Waals surface area contributed by atoms with Crippen molar-refractivity contribution in [3.8, 4) is 0 Å². The van der Waals surface area contributed by atoms with Gasteiger partial charge < -0.3 is 5.32 Å². The van der Waals surface area contributed by atoms with Crippen molar-refractivity contribution in [2.75, 3.05) is 17.5 Å². The second-order valence-corrected chi connectivity index (χ2v) is 6.69. The van der Waals surface area contributed by atoms with Crippen molar-refractivity contribution in [2.24, 2.45) is 0 Å². The Hall–Kier alpha value is -1.27. The van der Waals surface area contributed by atoms with Gasteiger partial charge in [-0.15, -0.1) is 0 Å². The molecule has 0 aliphatic heterocycles. The van der Waals surface area contributed by atoms with Crippen LogP contribution in [0.5, 0.6) is 0 Å². The Morgan fingerprint density at radius 3 is 2.55 bits per heavy atom. The van der Waals surface area contributed by atoms with Crippen LogP contribution in [0.4, 0.5) is 5.69 Å². The number of carbonyl (C=O) groups is 1. The quantitative estimate of drug-likeness (QED) is 0.759. The Balaban J connectivity index is 2.69. The number of unbranched alkanes of at least 4 members (excludes halogenated alkanes) is 2. The highest BCUT2D eigenvalue weighted by Crippen LogP contribution is 2.23. The van der Waals surface area contributed by atoms with Gasteiger partial charge in [0.2, 0.25) is 10.0 Å². The average molecular weight is 319 g/mol. The summed E-state index contributed by atoms with van der Waals surface area (Å²) in [6.45, 7) is 2.71. The predicted molar refractivity (Wildman–Crippen MR) is 81.8 cm³/mol. The van der Waals surface area contributed by atoms with E-state index < -0.39 is 10.0 Å². The molecule has 0 heterocycles. The van der Waals surface area contributed by atoms with E-state index >= 15 is 0 Å². The fraction of sp³-hybridized carbons (Fsp3) is 0.462. The molecule has 1 aromatic rings. The van der Waals surface area contributed by atoms with Gasteiger partial charge in [-0.25, -0.2) is 8.42 Å². The lowest BCUT2D eigenvalue weighted by Crippen LogP contribution is -2.24. The van der Waals surface area contributed by atoms with Crippen LogP contribution in [0.25, 0.3) is 0 Å². The van der Waals surface area contributed by atoms with Crippen molar-refractivity contribution in [1.29, 1.82) is 0 Å². The predicted octanol–water partition coefficient (Wildman–Crippen LogP) is 2.63. The summed E-state index contributed by atoms with van der Waals surface area (Å²) < 4.78 is 24.5. The number of anilines is 1. The summed E-state index contributed by atoms with van der Waals surface area (Å²) in [6, 6.07) is 4.46. The first-order valence-corrected chi connectivity index (χ1v) is 8.66. The van der Waals surface area contributed by atoms with E-state index in [2.05, 4.69) is 17.0 Å². The molecule has 0 saturated heterocycles. The van der Waals surface area contributed by atoms with Gasteiger partial charge in [0.1, 0.15) is 0 Å². The van der Waals surface area contributed by atoms with Gasteiger partial charge in [-0.1, -0.05) is 31.4 Å². The summed E-state index contributed by atoms with van der Waals surface area (Å²) in [6.07, 6.45) is 4.13. The van der Waals surface area contributed by atoms with E-state index in [1.54, 1.807) is 0 Å². The maximum Gasteiger partial charge on any atom is 0.251 e. The number of carbonyl (C=O) groups excluding carboxylic acids is 1. The van der Waals surface area contributed by atoms with Gasteiger partial charge in [-0.05, 0) is 24.6 Å². The molecule has 0 aliphatic carbocycles. The first kappa shape index (κ1) is 16.8. The molecule has 0 fully saturated rings. The fourth-order valence-electron chi connectivity index (χ4n) is 1.62. The standard InChI is InChI=1S/C13H19ClN2O3S/c1-3-4-5-8-15-13(17)10-6-7-12(11(14)9-10)16-20(2,18)19/h6-7,9,16H,3-5,8H2,1-2H3,(H,15,17). The number of hydrogen-bond acceptors (Lipinski definition) is 3. The maximum absolute atomic E-state index is 11.8. The van der Waals surface area contributed by atoms with Crippen LogP contribution in [0.15, 0.2) is 18.2 Å². The highest BCUT2D eigenvalue weighted by molar-refractivity contribution is 7.92. The molecule has 2 N–H and O–H groups in total. The van der Waals surface area contributed by atoms with E-state index in [1.807, 2.05) is 0 Å². The van der Waals surface area contributed by atoms with E-state index in [1.165, 1.54) is 18.2 Å². The minimum absolute atomic E-state index is 0.191. The van der Waals surface area contributed by atoms with Crippen molar-refractivity contribution in [1.82, 2.24) is 5.32 Å². The lowest BCUT2D eigenvalue weighted by atomic mass is 10.2. The largest absolute Gasteiger partial charge is 0.352 e. The second-order valence-electron chi connectivity index (χ2n) is 4.53. The van der Waals surface area contributed by atoms with E-state index in [4.69, 9.17) is 11.6 Å². The van der Waals surface area contributed by atoms with Gasteiger partial charge in [0.05, 0.1) is 17.0 Å². The highest BCUT2D eigenvalue weighted by Gasteiger charge is 2.10. The summed E-state index contributed by atoms with van der Waals surface area (Å²) in [5.74, 6) is -0.214. The Labute approximate surface area is 124 Å². The van der Waals surface area contributed by atoms with Crippen LogP contribution in [0.3, 0.4) is 0 Å². The number of halogens is 1. The van der Waals surface area contributed by atoms with E-state index in [-0.39, 0.29) is 16.6 Å². The number of amides is 1. The first-order valence-electron chi connectivity index (χ1n) is 6.39. The second kappa shape index (κ2) is 7.50. The number of sulfonamides is 1. The molecule has 112 valence electrons. The summed E-state index contributed by atoms with van der Waals surface area (Å²) >= 11 is 5.96. The van der Waals surface area contributed by atoms with Crippen molar-refractivity contribution in [2.45, 2.75) is 26.2 Å². The number of benzene rings is 1. The van der Waals surface area contributed by atoms with Crippen molar-refractivity contribution < 1.29 is 13.2 Å². The first-order chi connectivity index (χ1) is 9.33. The molecule has 0 bridgehead atoms. The molecule has 0 atom stereocenters. The Morgan fingerprint density at radius 1 is 1.30 bits per heavy atom. The highest BCUT2D eigenvalue weighted by atomic mass is 35.5. The van der Waals surface area contributed by atoms with E-state index in [0.29, 0.717) is 12.1 Å². The smallest absolute Gasteiger partial charge is 0.251 e. The summed E-state index contributed by atoms with van der Waals surface area (Å²) in [7, 11) is -3.39. The van der Waals surface area contributed by atoms with Crippen molar-refractivity contribution in [3.05, 3.63) is 28.8 Å². The Morgan fingerprint density at radius 2 is 2.00 bits per heavy atom. The van der Waals surface area contributed by atoms with E-state index in [9.17, 15) is 13.2 Å². The normalized spacial score (nSPS) is 11.2. The molecule has 0 aromatic heterocycles. The third-order valence-electron chi connectivity index (χ3n) is 2.59. The van der Waals surface area contributed by atoms with Gasteiger partial charge in [-0.2, -0.15) is 0 Å². The zero-order valence-corrected chi connectivity index (χ0v) is 13.1. The molecule has 1 aromatic carbocycles. The molecular formula is C13H19ClN2O3S. The topological polar surface area (TPSA) is 75.3 Å². The molecule has 5 nitrogen and oxygen atoms in total. The van der Waals surface area contributed by atoms with Gasteiger partial charge >= 0.3 is 0 Å². The summed E-state index contributed by atoms with van der Waals surface area (Å²) in [4.78, 5) is 11.8. The van der Waals surface area contributed by atoms with Crippen LogP contribution < -0.4 is 10.0 Å². The number of nitrogens with one attached hydrogen (secondary N) is 2. The van der Waals surface area contributed by atoms with Crippen LogP contribution in [0.2, 0.25) is 5.02 Å². The molecule has 20 heavy (non-hydrogen) atoms. The molecule has 1 rings (SSSR count). The van der Waals surface area contributed by atoms with E-state index in [0.717, 1.165) is 25.5 Å². The number of rotatable bonds is 7.